The van der Waals surface area contributed by atoms with Crippen molar-refractivity contribution in [3.05, 3.63) is 84.4 Å². The van der Waals surface area contributed by atoms with Gasteiger partial charge in [0, 0.05) is 30.0 Å². The van der Waals surface area contributed by atoms with Gasteiger partial charge in [-0.1, -0.05) is 42.5 Å². The van der Waals surface area contributed by atoms with Crippen LogP contribution in [-0.4, -0.2) is 33.1 Å². The van der Waals surface area contributed by atoms with Crippen LogP contribution < -0.4 is 15.5 Å². The second-order valence-corrected chi connectivity index (χ2v) is 7.14. The Labute approximate surface area is 173 Å². The predicted octanol–water partition coefficient (Wildman–Crippen LogP) is 5.04. The van der Waals surface area contributed by atoms with Crippen molar-refractivity contribution in [2.24, 2.45) is 0 Å². The zero-order chi connectivity index (χ0) is 20.5. The van der Waals surface area contributed by atoms with Crippen molar-refractivity contribution in [1.82, 2.24) is 5.32 Å². The molecule has 0 bridgehead atoms. The Kier molecular flexibility index (Phi) is 7.42. The van der Waals surface area contributed by atoms with Crippen molar-refractivity contribution >= 4 is 17.3 Å². The van der Waals surface area contributed by atoms with Gasteiger partial charge in [-0.2, -0.15) is 0 Å². The summed E-state index contributed by atoms with van der Waals surface area (Å²) in [6, 6.07) is 26.0. The van der Waals surface area contributed by atoms with E-state index >= 15 is 0 Å². The fraction of sp³-hybridized carbons (Fsp3) is 0.240. The summed E-state index contributed by atoms with van der Waals surface area (Å²) in [4.78, 5) is 14.9. The van der Waals surface area contributed by atoms with Gasteiger partial charge < -0.3 is 15.5 Å². The maximum atomic E-state index is 12.6. The molecule has 2 N–H and O–H groups in total. The molecule has 1 heterocycles. The summed E-state index contributed by atoms with van der Waals surface area (Å²) in [6.45, 7) is 2.22. The maximum Gasteiger partial charge on any atom is 0.255 e. The molecule has 29 heavy (non-hydrogen) atoms. The number of carbonyl (C=O) groups excluding carboxylic acids is 1. The number of carbonyl (C=O) groups is 1. The second-order valence-electron chi connectivity index (χ2n) is 7.14. The minimum absolute atomic E-state index is 0.0804. The number of hydrogen-bond donors (Lipinski definition) is 2. The molecule has 0 aromatic heterocycles. The summed E-state index contributed by atoms with van der Waals surface area (Å²) in [5, 5.41) is 5.75. The Hall–Kier alpha value is -3.11. The van der Waals surface area contributed by atoms with Crippen LogP contribution >= 0.6 is 0 Å². The third-order valence-corrected chi connectivity index (χ3v) is 4.83. The lowest BCUT2D eigenvalue weighted by molar-refractivity contribution is 0.102. The SMILES string of the molecule is CNC.O=C(Nc1cccc(-c2ccccc2)c1)c1ccc(N2CCCC2)cc1. The van der Waals surface area contributed by atoms with Crippen LogP contribution in [0.2, 0.25) is 0 Å². The third-order valence-electron chi connectivity index (χ3n) is 4.83. The largest absolute Gasteiger partial charge is 0.372 e. The number of rotatable bonds is 4. The number of anilines is 2. The first-order valence-electron chi connectivity index (χ1n) is 10.1. The lowest BCUT2D eigenvalue weighted by Gasteiger charge is -2.17. The first-order valence-corrected chi connectivity index (χ1v) is 10.1. The average molecular weight is 388 g/mol. The number of nitrogens with zero attached hydrogens (tertiary/aromatic N) is 1. The van der Waals surface area contributed by atoms with E-state index in [0.29, 0.717) is 5.56 Å². The third kappa shape index (κ3) is 5.69. The summed E-state index contributed by atoms with van der Waals surface area (Å²) in [5.41, 5.74) is 4.91. The molecule has 0 aliphatic carbocycles. The van der Waals surface area contributed by atoms with Crippen LogP contribution in [0.25, 0.3) is 11.1 Å². The van der Waals surface area contributed by atoms with Crippen LogP contribution in [0.5, 0.6) is 0 Å². The highest BCUT2D eigenvalue weighted by Crippen LogP contribution is 2.24. The van der Waals surface area contributed by atoms with E-state index in [0.717, 1.165) is 29.9 Å². The summed E-state index contributed by atoms with van der Waals surface area (Å²) < 4.78 is 0. The molecule has 0 saturated carbocycles. The van der Waals surface area contributed by atoms with Crippen LogP contribution in [0.4, 0.5) is 11.4 Å². The van der Waals surface area contributed by atoms with Crippen molar-refractivity contribution in [1.29, 1.82) is 0 Å². The molecule has 1 aliphatic heterocycles. The minimum atomic E-state index is -0.0804. The number of hydrogen-bond acceptors (Lipinski definition) is 3. The highest BCUT2D eigenvalue weighted by atomic mass is 16.1. The summed E-state index contributed by atoms with van der Waals surface area (Å²) in [7, 11) is 3.75. The van der Waals surface area contributed by atoms with Crippen LogP contribution in [0, 0.1) is 0 Å². The lowest BCUT2D eigenvalue weighted by Crippen LogP contribution is -2.18. The Morgan fingerprint density at radius 1 is 0.793 bits per heavy atom. The highest BCUT2D eigenvalue weighted by molar-refractivity contribution is 6.04. The van der Waals surface area contributed by atoms with Gasteiger partial charge in [-0.3, -0.25) is 4.79 Å². The van der Waals surface area contributed by atoms with Crippen molar-refractivity contribution < 1.29 is 4.79 Å². The molecule has 4 rings (SSSR count). The lowest BCUT2D eigenvalue weighted by atomic mass is 10.1. The molecular weight excluding hydrogens is 358 g/mol. The topological polar surface area (TPSA) is 44.4 Å². The Balaban J connectivity index is 0.000000755. The molecular formula is C25H29N3O. The number of nitrogens with one attached hydrogen (secondary N) is 2. The molecule has 0 radical (unpaired) electrons. The molecule has 1 amide bonds. The molecule has 3 aromatic rings. The van der Waals surface area contributed by atoms with Crippen LogP contribution in [0.1, 0.15) is 23.2 Å². The van der Waals surface area contributed by atoms with E-state index in [2.05, 4.69) is 33.7 Å². The van der Waals surface area contributed by atoms with Gasteiger partial charge in [0.05, 0.1) is 0 Å². The molecule has 4 nitrogen and oxygen atoms in total. The molecule has 0 spiro atoms. The van der Waals surface area contributed by atoms with Gasteiger partial charge in [0.1, 0.15) is 0 Å². The summed E-state index contributed by atoms with van der Waals surface area (Å²) >= 11 is 0. The molecule has 1 aliphatic rings. The quantitative estimate of drug-likeness (QED) is 0.659. The van der Waals surface area contributed by atoms with Crippen molar-refractivity contribution in [3.63, 3.8) is 0 Å². The molecule has 4 heteroatoms. The van der Waals surface area contributed by atoms with Crippen molar-refractivity contribution in [2.75, 3.05) is 37.4 Å². The maximum absolute atomic E-state index is 12.6. The van der Waals surface area contributed by atoms with E-state index in [4.69, 9.17) is 0 Å². The van der Waals surface area contributed by atoms with E-state index in [-0.39, 0.29) is 5.91 Å². The molecule has 0 atom stereocenters. The Morgan fingerprint density at radius 2 is 1.41 bits per heavy atom. The molecule has 1 saturated heterocycles. The van der Waals surface area contributed by atoms with Crippen LogP contribution in [-0.2, 0) is 0 Å². The Morgan fingerprint density at radius 3 is 2.07 bits per heavy atom. The molecule has 0 unspecified atom stereocenters. The first-order chi connectivity index (χ1) is 14.2. The molecule has 150 valence electrons. The monoisotopic (exact) mass is 387 g/mol. The van der Waals surface area contributed by atoms with Crippen LogP contribution in [0.15, 0.2) is 78.9 Å². The zero-order valence-electron chi connectivity index (χ0n) is 17.2. The van der Waals surface area contributed by atoms with Gasteiger partial charge in [0.15, 0.2) is 0 Å². The molecule has 1 fully saturated rings. The van der Waals surface area contributed by atoms with E-state index < -0.39 is 0 Å². The molecule has 3 aromatic carbocycles. The summed E-state index contributed by atoms with van der Waals surface area (Å²) in [5.74, 6) is -0.0804. The fourth-order valence-electron chi connectivity index (χ4n) is 3.41. The standard InChI is InChI=1S/C23H22N2O.C2H7N/c26-23(19-11-13-22(14-12-19)25-15-4-5-16-25)24-21-10-6-9-20(17-21)18-7-2-1-3-8-18;1-3-2/h1-3,6-14,17H,4-5,15-16H2,(H,24,26);3H,1-2H3. The summed E-state index contributed by atoms with van der Waals surface area (Å²) in [6.07, 6.45) is 2.50. The predicted molar refractivity (Wildman–Crippen MR) is 123 cm³/mol. The first kappa shape index (κ1) is 20.6. The van der Waals surface area contributed by atoms with Gasteiger partial charge >= 0.3 is 0 Å². The van der Waals surface area contributed by atoms with E-state index in [1.165, 1.54) is 18.5 Å². The van der Waals surface area contributed by atoms with Crippen molar-refractivity contribution in [3.8, 4) is 11.1 Å². The van der Waals surface area contributed by atoms with Gasteiger partial charge in [-0.05, 0) is 74.5 Å². The fourth-order valence-corrected chi connectivity index (χ4v) is 3.41. The number of benzene rings is 3. The highest BCUT2D eigenvalue weighted by Gasteiger charge is 2.13. The average Bonchev–Trinajstić information content (AvgIpc) is 3.30. The van der Waals surface area contributed by atoms with E-state index in [1.54, 1.807) is 0 Å². The van der Waals surface area contributed by atoms with Gasteiger partial charge in [0.2, 0.25) is 0 Å². The number of amides is 1. The van der Waals surface area contributed by atoms with E-state index in [9.17, 15) is 4.79 Å². The smallest absolute Gasteiger partial charge is 0.255 e. The van der Waals surface area contributed by atoms with Crippen molar-refractivity contribution in [2.45, 2.75) is 12.8 Å². The van der Waals surface area contributed by atoms with Gasteiger partial charge in [0.25, 0.3) is 5.91 Å². The van der Waals surface area contributed by atoms with E-state index in [1.807, 2.05) is 74.8 Å². The zero-order valence-corrected chi connectivity index (χ0v) is 17.2. The Bertz CT molecular complexity index is 901. The van der Waals surface area contributed by atoms with Crippen LogP contribution in [0.3, 0.4) is 0 Å². The van der Waals surface area contributed by atoms with Gasteiger partial charge in [-0.15, -0.1) is 0 Å². The normalized spacial score (nSPS) is 12.8. The van der Waals surface area contributed by atoms with Gasteiger partial charge in [-0.25, -0.2) is 0 Å². The second kappa shape index (κ2) is 10.4. The minimum Gasteiger partial charge on any atom is -0.372 e.